The molecule has 2 heterocycles. The number of benzene rings is 1. The van der Waals surface area contributed by atoms with Gasteiger partial charge in [0.05, 0.1) is 7.11 Å². The number of hydrogen-bond acceptors (Lipinski definition) is 3. The normalized spacial score (nSPS) is 13.9. The molecular weight excluding hydrogens is 254 g/mol. The molecule has 1 aromatic heterocycles. The molecule has 0 atom stereocenters. The molecule has 0 bridgehead atoms. The number of amides is 1. The van der Waals surface area contributed by atoms with E-state index in [2.05, 4.69) is 5.10 Å². The fraction of sp³-hybridized carbons (Fsp3) is 0.333. The van der Waals surface area contributed by atoms with Crippen LogP contribution in [0.25, 0.3) is 0 Å². The van der Waals surface area contributed by atoms with Crippen LogP contribution in [0.3, 0.4) is 0 Å². The predicted octanol–water partition coefficient (Wildman–Crippen LogP) is 1.87. The Kier molecular flexibility index (Phi) is 3.41. The Labute approximate surface area is 117 Å². The number of rotatable bonds is 3. The van der Waals surface area contributed by atoms with Gasteiger partial charge in [0.2, 0.25) is 5.91 Å². The highest BCUT2D eigenvalue weighted by Gasteiger charge is 2.23. The van der Waals surface area contributed by atoms with Gasteiger partial charge in [0.1, 0.15) is 12.3 Å². The number of methoxy groups -OCH3 is 1. The van der Waals surface area contributed by atoms with Crippen LogP contribution in [0.5, 0.6) is 5.75 Å². The first-order valence-electron chi connectivity index (χ1n) is 6.72. The largest absolute Gasteiger partial charge is 0.497 e. The molecule has 0 N–H and O–H groups in total. The van der Waals surface area contributed by atoms with Crippen molar-refractivity contribution < 1.29 is 9.53 Å². The average molecular weight is 271 g/mol. The standard InChI is InChI=1S/C15H17N3O2/c1-20-13-5-6-14-12(10-13)4-2-9-18(14)15(19)11-17-8-3-7-16-17/h3,5-8,10H,2,4,9,11H2,1H3. The van der Waals surface area contributed by atoms with Gasteiger partial charge in [-0.3, -0.25) is 9.48 Å². The Morgan fingerprint density at radius 3 is 3.10 bits per heavy atom. The summed E-state index contributed by atoms with van der Waals surface area (Å²) in [7, 11) is 1.66. The van der Waals surface area contributed by atoms with E-state index in [4.69, 9.17) is 4.74 Å². The second-order valence-corrected chi connectivity index (χ2v) is 4.85. The molecule has 2 aromatic rings. The summed E-state index contributed by atoms with van der Waals surface area (Å²) in [5, 5.41) is 4.08. The van der Waals surface area contributed by atoms with Crippen LogP contribution in [0.15, 0.2) is 36.7 Å². The van der Waals surface area contributed by atoms with E-state index < -0.39 is 0 Å². The molecule has 0 saturated heterocycles. The van der Waals surface area contributed by atoms with E-state index in [9.17, 15) is 4.79 Å². The number of aromatic nitrogens is 2. The Hall–Kier alpha value is -2.30. The van der Waals surface area contributed by atoms with Gasteiger partial charge in [-0.05, 0) is 42.7 Å². The molecule has 1 amide bonds. The molecule has 20 heavy (non-hydrogen) atoms. The van der Waals surface area contributed by atoms with Crippen molar-refractivity contribution in [3.63, 3.8) is 0 Å². The molecule has 1 aliphatic rings. The summed E-state index contributed by atoms with van der Waals surface area (Å²) in [6, 6.07) is 7.71. The summed E-state index contributed by atoms with van der Waals surface area (Å²) >= 11 is 0. The maximum Gasteiger partial charge on any atom is 0.248 e. The number of carbonyl (C=O) groups is 1. The molecule has 0 fully saturated rings. The highest BCUT2D eigenvalue weighted by Crippen LogP contribution is 2.30. The van der Waals surface area contributed by atoms with Gasteiger partial charge >= 0.3 is 0 Å². The summed E-state index contributed by atoms with van der Waals surface area (Å²) in [6.45, 7) is 1.04. The van der Waals surface area contributed by atoms with E-state index in [1.807, 2.05) is 29.2 Å². The topological polar surface area (TPSA) is 47.4 Å². The molecular formula is C15H17N3O2. The predicted molar refractivity (Wildman–Crippen MR) is 75.9 cm³/mol. The molecule has 0 aliphatic carbocycles. The van der Waals surface area contributed by atoms with Crippen LogP contribution in [-0.4, -0.2) is 29.3 Å². The van der Waals surface area contributed by atoms with Crippen molar-refractivity contribution in [2.45, 2.75) is 19.4 Å². The van der Waals surface area contributed by atoms with Crippen LogP contribution in [0.2, 0.25) is 0 Å². The molecule has 0 spiro atoms. The zero-order valence-electron chi connectivity index (χ0n) is 11.5. The highest BCUT2D eigenvalue weighted by molar-refractivity contribution is 5.94. The van der Waals surface area contributed by atoms with E-state index in [-0.39, 0.29) is 12.5 Å². The van der Waals surface area contributed by atoms with Crippen LogP contribution in [0.1, 0.15) is 12.0 Å². The summed E-state index contributed by atoms with van der Waals surface area (Å²) in [4.78, 5) is 14.3. The third kappa shape index (κ3) is 2.39. The summed E-state index contributed by atoms with van der Waals surface area (Å²) in [5.41, 5.74) is 2.17. The van der Waals surface area contributed by atoms with Gasteiger partial charge in [-0.1, -0.05) is 0 Å². The maximum atomic E-state index is 12.4. The van der Waals surface area contributed by atoms with Gasteiger partial charge in [0.15, 0.2) is 0 Å². The molecule has 5 heteroatoms. The molecule has 3 rings (SSSR count). The lowest BCUT2D eigenvalue weighted by Gasteiger charge is -2.29. The Morgan fingerprint density at radius 1 is 1.45 bits per heavy atom. The average Bonchev–Trinajstić information content (AvgIpc) is 2.98. The zero-order valence-corrected chi connectivity index (χ0v) is 11.5. The number of nitrogens with zero attached hydrogens (tertiary/aromatic N) is 3. The minimum absolute atomic E-state index is 0.0693. The van der Waals surface area contributed by atoms with E-state index in [0.29, 0.717) is 0 Å². The Balaban J connectivity index is 1.84. The van der Waals surface area contributed by atoms with E-state index >= 15 is 0 Å². The smallest absolute Gasteiger partial charge is 0.248 e. The lowest BCUT2D eigenvalue weighted by molar-refractivity contribution is -0.119. The van der Waals surface area contributed by atoms with Crippen LogP contribution < -0.4 is 9.64 Å². The summed E-state index contributed by atoms with van der Waals surface area (Å²) < 4.78 is 6.90. The third-order valence-corrected chi connectivity index (χ3v) is 3.56. The highest BCUT2D eigenvalue weighted by atomic mass is 16.5. The van der Waals surface area contributed by atoms with Gasteiger partial charge in [-0.2, -0.15) is 5.10 Å². The first kappa shape index (κ1) is 12.7. The maximum absolute atomic E-state index is 12.4. The molecule has 0 unspecified atom stereocenters. The molecule has 0 radical (unpaired) electrons. The minimum Gasteiger partial charge on any atom is -0.497 e. The summed E-state index contributed by atoms with van der Waals surface area (Å²) in [5.74, 6) is 0.907. The van der Waals surface area contributed by atoms with Crippen molar-refractivity contribution in [3.05, 3.63) is 42.2 Å². The zero-order chi connectivity index (χ0) is 13.9. The van der Waals surface area contributed by atoms with Crippen LogP contribution in [0, 0.1) is 0 Å². The number of ether oxygens (including phenoxy) is 1. The van der Waals surface area contributed by atoms with E-state index in [1.165, 1.54) is 5.56 Å². The van der Waals surface area contributed by atoms with Crippen molar-refractivity contribution >= 4 is 11.6 Å². The fourth-order valence-corrected chi connectivity index (χ4v) is 2.58. The minimum atomic E-state index is 0.0693. The van der Waals surface area contributed by atoms with Gasteiger partial charge in [-0.15, -0.1) is 0 Å². The van der Waals surface area contributed by atoms with Gasteiger partial charge in [-0.25, -0.2) is 0 Å². The van der Waals surface area contributed by atoms with Crippen molar-refractivity contribution in [1.82, 2.24) is 9.78 Å². The number of fused-ring (bicyclic) bond motifs is 1. The van der Waals surface area contributed by atoms with Gasteiger partial charge in [0, 0.05) is 24.6 Å². The third-order valence-electron chi connectivity index (χ3n) is 3.56. The molecule has 5 nitrogen and oxygen atoms in total. The van der Waals surface area contributed by atoms with E-state index in [1.54, 1.807) is 24.2 Å². The van der Waals surface area contributed by atoms with Crippen molar-refractivity contribution in [2.24, 2.45) is 0 Å². The van der Waals surface area contributed by atoms with Crippen molar-refractivity contribution in [2.75, 3.05) is 18.6 Å². The van der Waals surface area contributed by atoms with Crippen LogP contribution in [-0.2, 0) is 17.8 Å². The molecule has 0 saturated carbocycles. The fourth-order valence-electron chi connectivity index (χ4n) is 2.58. The van der Waals surface area contributed by atoms with Crippen molar-refractivity contribution in [1.29, 1.82) is 0 Å². The first-order valence-corrected chi connectivity index (χ1v) is 6.72. The molecule has 104 valence electrons. The number of aryl methyl sites for hydroxylation is 1. The monoisotopic (exact) mass is 271 g/mol. The Morgan fingerprint density at radius 2 is 2.35 bits per heavy atom. The molecule has 1 aliphatic heterocycles. The van der Waals surface area contributed by atoms with Gasteiger partial charge < -0.3 is 9.64 Å². The molecule has 1 aromatic carbocycles. The second-order valence-electron chi connectivity index (χ2n) is 4.85. The lowest BCUT2D eigenvalue weighted by atomic mass is 10.0. The van der Waals surface area contributed by atoms with Crippen LogP contribution in [0.4, 0.5) is 5.69 Å². The van der Waals surface area contributed by atoms with Crippen molar-refractivity contribution in [3.8, 4) is 5.75 Å². The van der Waals surface area contributed by atoms with Crippen LogP contribution >= 0.6 is 0 Å². The summed E-state index contributed by atoms with van der Waals surface area (Å²) in [6.07, 6.45) is 5.45. The Bertz CT molecular complexity index is 608. The second kappa shape index (κ2) is 5.36. The number of anilines is 1. The van der Waals surface area contributed by atoms with Gasteiger partial charge in [0.25, 0.3) is 0 Å². The number of hydrogen-bond donors (Lipinski definition) is 0. The first-order chi connectivity index (χ1) is 9.78. The SMILES string of the molecule is COc1ccc2c(c1)CCCN2C(=O)Cn1cccn1. The van der Waals surface area contributed by atoms with E-state index in [0.717, 1.165) is 30.8 Å². The lowest BCUT2D eigenvalue weighted by Crippen LogP contribution is -2.37. The number of carbonyl (C=O) groups excluding carboxylic acids is 1. The quantitative estimate of drug-likeness (QED) is 0.856.